The fourth-order valence-electron chi connectivity index (χ4n) is 2.53. The molecular formula is C16H23ClN2O3. The minimum Gasteiger partial charge on any atom is -0.489 e. The van der Waals surface area contributed by atoms with Gasteiger partial charge in [0.2, 0.25) is 0 Å². The molecule has 6 heteroatoms. The van der Waals surface area contributed by atoms with Crippen LogP contribution in [0.3, 0.4) is 0 Å². The van der Waals surface area contributed by atoms with Crippen LogP contribution in [0.2, 0.25) is 5.02 Å². The van der Waals surface area contributed by atoms with Gasteiger partial charge in [0.15, 0.2) is 0 Å². The van der Waals surface area contributed by atoms with Crippen molar-refractivity contribution in [1.29, 1.82) is 0 Å². The number of hydrogen-bond donors (Lipinski definition) is 2. The van der Waals surface area contributed by atoms with Crippen molar-refractivity contribution in [2.75, 3.05) is 25.0 Å². The Labute approximate surface area is 136 Å². The van der Waals surface area contributed by atoms with Crippen LogP contribution in [0.1, 0.15) is 26.7 Å². The van der Waals surface area contributed by atoms with E-state index in [0.29, 0.717) is 29.5 Å². The summed E-state index contributed by atoms with van der Waals surface area (Å²) in [7, 11) is 0. The van der Waals surface area contributed by atoms with Crippen LogP contribution in [-0.2, 0) is 0 Å². The summed E-state index contributed by atoms with van der Waals surface area (Å²) in [4.78, 5) is 14.0. The summed E-state index contributed by atoms with van der Waals surface area (Å²) in [5, 5.41) is 12.5. The lowest BCUT2D eigenvalue weighted by Gasteiger charge is -2.31. The Morgan fingerprint density at radius 1 is 1.55 bits per heavy atom. The number of likely N-dealkylation sites (tertiary alicyclic amines) is 1. The first-order chi connectivity index (χ1) is 10.5. The minimum absolute atomic E-state index is 0.0432. The summed E-state index contributed by atoms with van der Waals surface area (Å²) in [6, 6.07) is 5.05. The van der Waals surface area contributed by atoms with Gasteiger partial charge in [-0.05, 0) is 50.8 Å². The number of carbonyl (C=O) groups is 1. The van der Waals surface area contributed by atoms with Crippen molar-refractivity contribution in [1.82, 2.24) is 4.90 Å². The molecule has 0 bridgehead atoms. The number of nitrogens with one attached hydrogen (secondary N) is 1. The van der Waals surface area contributed by atoms with E-state index in [1.54, 1.807) is 23.1 Å². The second-order valence-electron chi connectivity index (χ2n) is 5.88. The van der Waals surface area contributed by atoms with E-state index in [9.17, 15) is 9.90 Å². The van der Waals surface area contributed by atoms with Crippen molar-refractivity contribution in [3.05, 3.63) is 23.2 Å². The van der Waals surface area contributed by atoms with Crippen LogP contribution in [0.15, 0.2) is 18.2 Å². The number of carbonyl (C=O) groups excluding carboxylic acids is 1. The molecule has 1 heterocycles. The normalized spacial score (nSPS) is 18.4. The number of aliphatic hydroxyl groups excluding tert-OH is 1. The lowest BCUT2D eigenvalue weighted by atomic mass is 9.99. The molecule has 1 aromatic carbocycles. The number of halogens is 1. The largest absolute Gasteiger partial charge is 0.489 e. The van der Waals surface area contributed by atoms with Crippen molar-refractivity contribution < 1.29 is 14.6 Å². The average molecular weight is 327 g/mol. The van der Waals surface area contributed by atoms with Crippen LogP contribution in [0, 0.1) is 5.92 Å². The lowest BCUT2D eigenvalue weighted by Crippen LogP contribution is -2.43. The number of piperidine rings is 1. The smallest absolute Gasteiger partial charge is 0.321 e. The van der Waals surface area contributed by atoms with Crippen molar-refractivity contribution in [2.45, 2.75) is 32.8 Å². The Balaban J connectivity index is 1.98. The summed E-state index contributed by atoms with van der Waals surface area (Å²) in [5.41, 5.74) is 0.636. The van der Waals surface area contributed by atoms with E-state index in [0.717, 1.165) is 12.8 Å². The maximum absolute atomic E-state index is 12.3. The van der Waals surface area contributed by atoms with Crippen LogP contribution in [-0.4, -0.2) is 41.8 Å². The van der Waals surface area contributed by atoms with Gasteiger partial charge >= 0.3 is 6.03 Å². The van der Waals surface area contributed by atoms with E-state index in [2.05, 4.69) is 5.32 Å². The number of urea groups is 1. The van der Waals surface area contributed by atoms with Gasteiger partial charge in [0.25, 0.3) is 0 Å². The van der Waals surface area contributed by atoms with Crippen LogP contribution in [0.25, 0.3) is 0 Å². The Hall–Kier alpha value is -1.46. The molecule has 1 aliphatic rings. The number of anilines is 1. The van der Waals surface area contributed by atoms with Crippen molar-refractivity contribution >= 4 is 23.3 Å². The summed E-state index contributed by atoms with van der Waals surface area (Å²) in [5.74, 6) is 0.776. The van der Waals surface area contributed by atoms with E-state index < -0.39 is 0 Å². The first kappa shape index (κ1) is 16.9. The Bertz CT molecular complexity index is 522. The number of hydrogen-bond acceptors (Lipinski definition) is 3. The second kappa shape index (κ2) is 7.70. The van der Waals surface area contributed by atoms with E-state index >= 15 is 0 Å². The molecule has 1 fully saturated rings. The fraction of sp³-hybridized carbons (Fsp3) is 0.562. The van der Waals surface area contributed by atoms with Gasteiger partial charge in [-0.2, -0.15) is 0 Å². The topological polar surface area (TPSA) is 61.8 Å². The molecule has 122 valence electrons. The molecule has 0 radical (unpaired) electrons. The summed E-state index contributed by atoms with van der Waals surface area (Å²) in [6.07, 6.45) is 1.93. The molecule has 1 unspecified atom stereocenters. The third-order valence-electron chi connectivity index (χ3n) is 3.61. The predicted molar refractivity (Wildman–Crippen MR) is 87.6 cm³/mol. The first-order valence-electron chi connectivity index (χ1n) is 7.62. The number of nitrogens with zero attached hydrogens (tertiary/aromatic N) is 1. The zero-order valence-electron chi connectivity index (χ0n) is 13.0. The van der Waals surface area contributed by atoms with E-state index in [4.69, 9.17) is 16.3 Å². The molecule has 0 saturated carbocycles. The van der Waals surface area contributed by atoms with Crippen LogP contribution in [0.5, 0.6) is 5.75 Å². The highest BCUT2D eigenvalue weighted by Gasteiger charge is 2.23. The van der Waals surface area contributed by atoms with Gasteiger partial charge in [-0.15, -0.1) is 0 Å². The second-order valence-corrected chi connectivity index (χ2v) is 6.29. The van der Waals surface area contributed by atoms with Crippen LogP contribution < -0.4 is 10.1 Å². The predicted octanol–water partition coefficient (Wildman–Crippen LogP) is 3.36. The number of amides is 2. The van der Waals surface area contributed by atoms with Crippen molar-refractivity contribution in [3.8, 4) is 5.75 Å². The molecule has 22 heavy (non-hydrogen) atoms. The number of benzene rings is 1. The standard InChI is InChI=1S/C16H23ClN2O3/c1-11(2)22-15-6-5-13(8-14(15)17)18-16(21)19-7-3-4-12(9-19)10-20/h5-6,8,11-12,20H,3-4,7,9-10H2,1-2H3,(H,18,21). The SMILES string of the molecule is CC(C)Oc1ccc(NC(=O)N2CCCC(CO)C2)cc1Cl. The van der Waals surface area contributed by atoms with E-state index in [1.165, 1.54) is 0 Å². The van der Waals surface area contributed by atoms with Gasteiger partial charge in [-0.1, -0.05) is 11.6 Å². The monoisotopic (exact) mass is 326 g/mol. The molecule has 0 spiro atoms. The molecule has 1 aromatic rings. The molecule has 5 nitrogen and oxygen atoms in total. The molecule has 1 aliphatic heterocycles. The molecular weight excluding hydrogens is 304 g/mol. The van der Waals surface area contributed by atoms with Crippen molar-refractivity contribution in [2.24, 2.45) is 5.92 Å². The van der Waals surface area contributed by atoms with Crippen LogP contribution >= 0.6 is 11.6 Å². The lowest BCUT2D eigenvalue weighted by molar-refractivity contribution is 0.136. The maximum atomic E-state index is 12.3. The number of aliphatic hydroxyl groups is 1. The van der Waals surface area contributed by atoms with E-state index in [1.807, 2.05) is 13.8 Å². The number of ether oxygens (including phenoxy) is 1. The highest BCUT2D eigenvalue weighted by atomic mass is 35.5. The molecule has 1 atom stereocenters. The minimum atomic E-state index is -0.160. The summed E-state index contributed by atoms with van der Waals surface area (Å²) in [6.45, 7) is 5.28. The van der Waals surface area contributed by atoms with Crippen molar-refractivity contribution in [3.63, 3.8) is 0 Å². The van der Waals surface area contributed by atoms with Gasteiger partial charge in [0.05, 0.1) is 11.1 Å². The Morgan fingerprint density at radius 3 is 2.95 bits per heavy atom. The highest BCUT2D eigenvalue weighted by molar-refractivity contribution is 6.32. The molecule has 2 rings (SSSR count). The third-order valence-corrected chi connectivity index (χ3v) is 3.91. The molecule has 0 aliphatic carbocycles. The molecule has 1 saturated heterocycles. The fourth-order valence-corrected chi connectivity index (χ4v) is 2.75. The summed E-state index contributed by atoms with van der Waals surface area (Å²) < 4.78 is 5.57. The number of rotatable bonds is 4. The Morgan fingerprint density at radius 2 is 2.32 bits per heavy atom. The van der Waals surface area contributed by atoms with Gasteiger partial charge in [0.1, 0.15) is 5.75 Å². The van der Waals surface area contributed by atoms with Gasteiger partial charge in [0, 0.05) is 25.4 Å². The average Bonchev–Trinajstić information content (AvgIpc) is 2.49. The highest BCUT2D eigenvalue weighted by Crippen LogP contribution is 2.28. The molecule has 2 N–H and O–H groups in total. The molecule has 0 aromatic heterocycles. The van der Waals surface area contributed by atoms with Gasteiger partial charge < -0.3 is 20.1 Å². The zero-order valence-corrected chi connectivity index (χ0v) is 13.8. The van der Waals surface area contributed by atoms with Gasteiger partial charge in [-0.3, -0.25) is 0 Å². The van der Waals surface area contributed by atoms with Gasteiger partial charge in [-0.25, -0.2) is 4.79 Å². The quantitative estimate of drug-likeness (QED) is 0.891. The van der Waals surface area contributed by atoms with E-state index in [-0.39, 0.29) is 24.7 Å². The van der Waals surface area contributed by atoms with Crippen LogP contribution in [0.4, 0.5) is 10.5 Å². The summed E-state index contributed by atoms with van der Waals surface area (Å²) >= 11 is 6.17. The maximum Gasteiger partial charge on any atom is 0.321 e. The zero-order chi connectivity index (χ0) is 16.1. The Kier molecular flexibility index (Phi) is 5.91. The molecule has 2 amide bonds. The third kappa shape index (κ3) is 4.52. The first-order valence-corrected chi connectivity index (χ1v) is 8.00.